The van der Waals surface area contributed by atoms with Crippen LogP contribution in [-0.4, -0.2) is 9.13 Å². The van der Waals surface area contributed by atoms with Crippen LogP contribution in [0.1, 0.15) is 30.0 Å². The van der Waals surface area contributed by atoms with Gasteiger partial charge in [0.1, 0.15) is 0 Å². The van der Waals surface area contributed by atoms with Crippen molar-refractivity contribution in [2.24, 2.45) is 0 Å². The Morgan fingerprint density at radius 2 is 0.915 bits per heavy atom. The van der Waals surface area contributed by atoms with Gasteiger partial charge in [0.2, 0.25) is 0 Å². The van der Waals surface area contributed by atoms with Crippen LogP contribution in [0, 0.1) is 13.8 Å². The van der Waals surface area contributed by atoms with Gasteiger partial charge in [0.05, 0.1) is 21.9 Å². The smallest absolute Gasteiger partial charge is 0.0542 e. The number of aromatic nitrogens is 2. The van der Waals surface area contributed by atoms with Crippen LogP contribution in [0.5, 0.6) is 0 Å². The van der Waals surface area contributed by atoms with Crippen LogP contribution < -0.4 is 20.4 Å². The molecule has 0 saturated carbocycles. The predicted molar refractivity (Wildman–Crippen MR) is 350 cm³/mol. The highest BCUT2D eigenvalue weighted by atomic mass is 15.2. The molecule has 14 rings (SSSR count). The van der Waals surface area contributed by atoms with Crippen LogP contribution in [0.25, 0.3) is 95.0 Å². The minimum Gasteiger partial charge on any atom is -0.315 e. The number of fused-ring (bicyclic) bond motifs is 6. The second-order valence-corrected chi connectivity index (χ2v) is 21.5. The average molecular weight is 1050 g/mol. The summed E-state index contributed by atoms with van der Waals surface area (Å²) >= 11 is 0. The lowest BCUT2D eigenvalue weighted by atomic mass is 9.85. The molecule has 0 N–H and O–H groups in total. The second-order valence-electron chi connectivity index (χ2n) is 21.5. The van der Waals surface area contributed by atoms with Crippen molar-refractivity contribution in [2.75, 3.05) is 9.80 Å². The van der Waals surface area contributed by atoms with E-state index in [1.807, 2.05) is 0 Å². The Morgan fingerprint density at radius 3 is 1.52 bits per heavy atom. The van der Waals surface area contributed by atoms with Crippen molar-refractivity contribution in [1.82, 2.24) is 9.13 Å². The van der Waals surface area contributed by atoms with E-state index in [-0.39, 0.29) is 0 Å². The fraction of sp³-hybridized carbons (Fsp3) is 0.0513. The van der Waals surface area contributed by atoms with Crippen molar-refractivity contribution in [3.8, 4) is 22.5 Å². The molecule has 0 aliphatic heterocycles. The molecule has 4 heteroatoms. The zero-order chi connectivity index (χ0) is 55.3. The van der Waals surface area contributed by atoms with Crippen molar-refractivity contribution in [2.45, 2.75) is 27.2 Å². The van der Waals surface area contributed by atoms with Gasteiger partial charge in [-0.15, -0.1) is 0 Å². The van der Waals surface area contributed by atoms with E-state index in [1.54, 1.807) is 0 Å². The van der Waals surface area contributed by atoms with Crippen LogP contribution in [0.15, 0.2) is 290 Å². The van der Waals surface area contributed by atoms with Crippen molar-refractivity contribution in [3.05, 3.63) is 318 Å². The Bertz CT molecular complexity index is 4790. The summed E-state index contributed by atoms with van der Waals surface area (Å²) < 4.78 is 4.72. The highest BCUT2D eigenvalue weighted by molar-refractivity contribution is 6.19. The number of hydrogen-bond acceptors (Lipinski definition) is 2. The van der Waals surface area contributed by atoms with E-state index in [2.05, 4.69) is 331 Å². The molecule has 82 heavy (non-hydrogen) atoms. The largest absolute Gasteiger partial charge is 0.315 e. The van der Waals surface area contributed by atoms with Crippen LogP contribution in [0.4, 0.5) is 22.7 Å². The number of benzene rings is 11. The molecule has 0 atom stereocenters. The maximum Gasteiger partial charge on any atom is 0.0542 e. The van der Waals surface area contributed by atoms with Crippen LogP contribution in [-0.2, 0) is 0 Å². The van der Waals surface area contributed by atoms with Crippen molar-refractivity contribution >= 4 is 95.2 Å². The summed E-state index contributed by atoms with van der Waals surface area (Å²) in [5.74, 6) is 0. The predicted octanol–water partition coefficient (Wildman–Crippen LogP) is 19.3. The van der Waals surface area contributed by atoms with Gasteiger partial charge in [-0.05, 0) is 198 Å². The minimum absolute atomic E-state index is 0.775. The van der Waals surface area contributed by atoms with E-state index in [4.69, 9.17) is 0 Å². The number of hydrogen-bond donors (Lipinski definition) is 0. The maximum absolute atomic E-state index is 4.64. The molecule has 2 aromatic heterocycles. The molecule has 0 amide bonds. The number of nitrogens with zero attached hydrogens (tertiary/aromatic N) is 4. The monoisotopic (exact) mass is 1050 g/mol. The first kappa shape index (κ1) is 49.8. The third-order valence-electron chi connectivity index (χ3n) is 16.3. The molecule has 0 fully saturated rings. The molecule has 1 aliphatic rings. The molecule has 4 nitrogen and oxygen atoms in total. The molecule has 0 radical (unpaired) electrons. The first-order valence-corrected chi connectivity index (χ1v) is 28.3. The van der Waals surface area contributed by atoms with E-state index >= 15 is 0 Å². The van der Waals surface area contributed by atoms with Crippen LogP contribution in [0.3, 0.4) is 0 Å². The van der Waals surface area contributed by atoms with E-state index in [0.717, 1.165) is 73.4 Å². The van der Waals surface area contributed by atoms with Gasteiger partial charge in [0, 0.05) is 66.9 Å². The molecule has 13 aromatic rings. The fourth-order valence-corrected chi connectivity index (χ4v) is 12.6. The Hall–Kier alpha value is -10.4. The van der Waals surface area contributed by atoms with Gasteiger partial charge in [0.15, 0.2) is 0 Å². The first-order valence-electron chi connectivity index (χ1n) is 28.3. The van der Waals surface area contributed by atoms with Gasteiger partial charge in [-0.2, -0.15) is 0 Å². The summed E-state index contributed by atoms with van der Waals surface area (Å²) in [6.07, 6.45) is 14.6. The Kier molecular flexibility index (Phi) is 12.8. The minimum atomic E-state index is 0.775. The fourth-order valence-electron chi connectivity index (χ4n) is 12.6. The quantitative estimate of drug-likeness (QED) is 0.120. The number of allylic oxidation sites excluding steroid dienone is 7. The normalized spacial score (nSPS) is 13.1. The molecule has 2 heterocycles. The molecule has 11 aromatic carbocycles. The van der Waals surface area contributed by atoms with Crippen molar-refractivity contribution in [1.29, 1.82) is 0 Å². The van der Waals surface area contributed by atoms with Gasteiger partial charge >= 0.3 is 0 Å². The highest BCUT2D eigenvalue weighted by Gasteiger charge is 2.22. The van der Waals surface area contributed by atoms with Gasteiger partial charge < -0.3 is 18.9 Å². The standard InChI is InChI=1S/C78H60N4/c1-53-36-46-74-70(50-53)56(4)73(81(74)61-27-13-7-14-28-61)48-38-55(3)79(59-23-9-5-10-24-59)64-43-40-58(41-44-64)78-68-34-19-17-32-66(68)77(67-33-18-20-35-69(67)78)57-22-21-31-63(42-39-57)80(60-25-11-6-12-26-60)65-45-49-76-72(52-65)71-51-54(2)37-47-75(71)82(76)62-29-15-8-16-30-62/h5-21,23-52H,4,22H2,1-3H3/b55-38+,73-48+. The highest BCUT2D eigenvalue weighted by Crippen LogP contribution is 2.45. The summed E-state index contributed by atoms with van der Waals surface area (Å²) in [4.78, 5) is 4.75. The van der Waals surface area contributed by atoms with Gasteiger partial charge in [-0.3, -0.25) is 0 Å². The summed E-state index contributed by atoms with van der Waals surface area (Å²) in [5, 5.41) is 10.6. The number of aryl methyl sites for hydroxylation is 2. The molecular formula is C78H60N4. The summed E-state index contributed by atoms with van der Waals surface area (Å²) in [6.45, 7) is 11.2. The van der Waals surface area contributed by atoms with Crippen LogP contribution in [0.2, 0.25) is 0 Å². The zero-order valence-corrected chi connectivity index (χ0v) is 46.3. The van der Waals surface area contributed by atoms with E-state index in [1.165, 1.54) is 76.7 Å². The third kappa shape index (κ3) is 8.82. The number of rotatable bonds is 11. The maximum atomic E-state index is 4.64. The number of anilines is 4. The van der Waals surface area contributed by atoms with Crippen molar-refractivity contribution in [3.63, 3.8) is 0 Å². The molecule has 0 spiro atoms. The first-order chi connectivity index (χ1) is 40.4. The topological polar surface area (TPSA) is 16.3 Å². The summed E-state index contributed by atoms with van der Waals surface area (Å²) in [5.41, 5.74) is 19.7. The summed E-state index contributed by atoms with van der Waals surface area (Å²) in [6, 6.07) is 90.3. The lowest BCUT2D eigenvalue weighted by molar-refractivity contribution is 1.07. The Balaban J connectivity index is 0.858. The van der Waals surface area contributed by atoms with Gasteiger partial charge in [-0.1, -0.05) is 175 Å². The molecule has 0 saturated heterocycles. The van der Waals surface area contributed by atoms with Gasteiger partial charge in [0.25, 0.3) is 0 Å². The summed E-state index contributed by atoms with van der Waals surface area (Å²) in [7, 11) is 0. The van der Waals surface area contributed by atoms with E-state index in [0.29, 0.717) is 0 Å². The average Bonchev–Trinajstić information content (AvgIpc) is 2.83. The van der Waals surface area contributed by atoms with E-state index in [9.17, 15) is 0 Å². The van der Waals surface area contributed by atoms with Crippen LogP contribution >= 0.6 is 0 Å². The van der Waals surface area contributed by atoms with Gasteiger partial charge in [-0.25, -0.2) is 0 Å². The van der Waals surface area contributed by atoms with E-state index < -0.39 is 0 Å². The SMILES string of the molecule is C=c1/c(=C\C=C(/C)N(c2ccccc2)c2ccc(-c3c4ccccc4c(C4=CC=C(N(c5ccccc5)c5ccc6c(c5)c5cc(C)ccc5n6-c5ccccc5)C=CC4)c4ccccc34)cc2)n(-c2ccccc2)c2ccc(C)cc12. The molecule has 0 bridgehead atoms. The molecule has 392 valence electrons. The lowest BCUT2D eigenvalue weighted by Crippen LogP contribution is -2.27. The molecule has 1 aliphatic carbocycles. The number of para-hydroxylation sites is 4. The third-order valence-corrected chi connectivity index (χ3v) is 16.3. The molecular weight excluding hydrogens is 993 g/mol. The Labute approximate surface area is 479 Å². The Morgan fingerprint density at radius 1 is 0.439 bits per heavy atom. The zero-order valence-electron chi connectivity index (χ0n) is 46.3. The lowest BCUT2D eigenvalue weighted by Gasteiger charge is -2.26. The van der Waals surface area contributed by atoms with Crippen molar-refractivity contribution < 1.29 is 0 Å². The molecule has 0 unspecified atom stereocenters. The second kappa shape index (κ2) is 21.0.